The number of nitrogens with zero attached hydrogens (tertiary/aromatic N) is 2. The number of fused-ring (bicyclic) bond motifs is 1. The molecule has 0 saturated heterocycles. The number of esters is 1. The minimum atomic E-state index is -0.303. The van der Waals surface area contributed by atoms with Crippen molar-refractivity contribution in [1.29, 1.82) is 0 Å². The highest BCUT2D eigenvalue weighted by molar-refractivity contribution is 5.87. The molecule has 1 unspecified atom stereocenters. The van der Waals surface area contributed by atoms with Crippen molar-refractivity contribution in [2.24, 2.45) is 0 Å². The molecule has 4 rings (SSSR count). The molecule has 186 valence electrons. The summed E-state index contributed by atoms with van der Waals surface area (Å²) in [5.74, 6) is 0.348. The van der Waals surface area contributed by atoms with Gasteiger partial charge in [0.15, 0.2) is 0 Å². The van der Waals surface area contributed by atoms with Crippen molar-refractivity contribution in [3.63, 3.8) is 0 Å². The molecule has 0 saturated carbocycles. The van der Waals surface area contributed by atoms with Crippen LogP contribution in [-0.4, -0.2) is 38.3 Å². The number of aromatic nitrogens is 1. The monoisotopic (exact) mass is 482 g/mol. The molecule has 0 fully saturated rings. The first-order valence-corrected chi connectivity index (χ1v) is 12.5. The van der Waals surface area contributed by atoms with Gasteiger partial charge in [-0.1, -0.05) is 55.0 Å². The SMILES string of the molecule is COc1ccc2cc(C(CCCCN(C)c3ccccc3)C(=O)OCCc3ccccn3)ccc2c1. The van der Waals surface area contributed by atoms with E-state index in [1.54, 1.807) is 13.3 Å². The molecule has 0 N–H and O–H groups in total. The van der Waals surface area contributed by atoms with E-state index in [4.69, 9.17) is 9.47 Å². The molecule has 0 radical (unpaired) electrons. The Labute approximate surface area is 213 Å². The molecule has 4 aromatic rings. The first-order valence-electron chi connectivity index (χ1n) is 12.5. The lowest BCUT2D eigenvalue weighted by atomic mass is 9.91. The van der Waals surface area contributed by atoms with Gasteiger partial charge in [-0.05, 0) is 65.6 Å². The van der Waals surface area contributed by atoms with E-state index in [0.717, 1.165) is 53.6 Å². The zero-order chi connectivity index (χ0) is 25.2. The fourth-order valence-corrected chi connectivity index (χ4v) is 4.42. The van der Waals surface area contributed by atoms with Crippen molar-refractivity contribution in [1.82, 2.24) is 4.98 Å². The van der Waals surface area contributed by atoms with Gasteiger partial charge in [0, 0.05) is 37.6 Å². The second-order valence-corrected chi connectivity index (χ2v) is 9.02. The minimum absolute atomic E-state index is 0.171. The average molecular weight is 483 g/mol. The Kier molecular flexibility index (Phi) is 8.92. The van der Waals surface area contributed by atoms with Crippen LogP contribution in [0.4, 0.5) is 5.69 Å². The van der Waals surface area contributed by atoms with E-state index in [-0.39, 0.29) is 11.9 Å². The van der Waals surface area contributed by atoms with Crippen LogP contribution in [0.1, 0.15) is 36.4 Å². The van der Waals surface area contributed by atoms with Gasteiger partial charge in [0.25, 0.3) is 0 Å². The fraction of sp³-hybridized carbons (Fsp3) is 0.290. The number of anilines is 1. The Balaban J connectivity index is 1.42. The predicted molar refractivity (Wildman–Crippen MR) is 146 cm³/mol. The van der Waals surface area contributed by atoms with E-state index in [2.05, 4.69) is 53.3 Å². The topological polar surface area (TPSA) is 51.7 Å². The largest absolute Gasteiger partial charge is 0.497 e. The number of carbonyl (C=O) groups is 1. The molecule has 5 heteroatoms. The van der Waals surface area contributed by atoms with Crippen molar-refractivity contribution in [2.45, 2.75) is 31.6 Å². The lowest BCUT2D eigenvalue weighted by Crippen LogP contribution is -2.20. The Morgan fingerprint density at radius 1 is 0.917 bits per heavy atom. The highest BCUT2D eigenvalue weighted by atomic mass is 16.5. The van der Waals surface area contributed by atoms with Crippen LogP contribution in [0, 0.1) is 0 Å². The summed E-state index contributed by atoms with van der Waals surface area (Å²) in [5.41, 5.74) is 3.12. The fourth-order valence-electron chi connectivity index (χ4n) is 4.42. The predicted octanol–water partition coefficient (Wildman–Crippen LogP) is 6.42. The number of benzene rings is 3. The number of methoxy groups -OCH3 is 1. The van der Waals surface area contributed by atoms with Crippen LogP contribution in [0.25, 0.3) is 10.8 Å². The van der Waals surface area contributed by atoms with Crippen LogP contribution < -0.4 is 9.64 Å². The van der Waals surface area contributed by atoms with Crippen LogP contribution in [0.5, 0.6) is 5.75 Å². The highest BCUT2D eigenvalue weighted by Crippen LogP contribution is 2.29. The summed E-state index contributed by atoms with van der Waals surface area (Å²) < 4.78 is 11.1. The Hall–Kier alpha value is -3.86. The van der Waals surface area contributed by atoms with E-state index in [1.807, 2.05) is 48.5 Å². The van der Waals surface area contributed by atoms with Gasteiger partial charge in [0.1, 0.15) is 5.75 Å². The molecule has 0 amide bonds. The van der Waals surface area contributed by atoms with Gasteiger partial charge in [0.2, 0.25) is 0 Å². The number of hydrogen-bond donors (Lipinski definition) is 0. The molecular weight excluding hydrogens is 448 g/mol. The van der Waals surface area contributed by atoms with E-state index in [9.17, 15) is 4.79 Å². The maximum absolute atomic E-state index is 13.2. The molecule has 36 heavy (non-hydrogen) atoms. The van der Waals surface area contributed by atoms with Crippen LogP contribution in [0.3, 0.4) is 0 Å². The van der Waals surface area contributed by atoms with E-state index in [0.29, 0.717) is 13.0 Å². The molecule has 0 aliphatic carbocycles. The second kappa shape index (κ2) is 12.7. The summed E-state index contributed by atoms with van der Waals surface area (Å²) in [6, 6.07) is 28.4. The van der Waals surface area contributed by atoms with Gasteiger partial charge in [-0.15, -0.1) is 0 Å². The summed E-state index contributed by atoms with van der Waals surface area (Å²) in [7, 11) is 3.78. The maximum Gasteiger partial charge on any atom is 0.313 e. The van der Waals surface area contributed by atoms with Crippen LogP contribution in [0.2, 0.25) is 0 Å². The minimum Gasteiger partial charge on any atom is -0.497 e. The first-order chi connectivity index (χ1) is 17.6. The zero-order valence-corrected chi connectivity index (χ0v) is 21.1. The van der Waals surface area contributed by atoms with Gasteiger partial charge in [-0.3, -0.25) is 9.78 Å². The normalized spacial score (nSPS) is 11.7. The molecule has 0 bridgehead atoms. The summed E-state index contributed by atoms with van der Waals surface area (Å²) in [6.45, 7) is 1.26. The van der Waals surface area contributed by atoms with Gasteiger partial charge in [-0.2, -0.15) is 0 Å². The van der Waals surface area contributed by atoms with Crippen molar-refractivity contribution < 1.29 is 14.3 Å². The van der Waals surface area contributed by atoms with Gasteiger partial charge >= 0.3 is 5.97 Å². The molecule has 0 aliphatic heterocycles. The Morgan fingerprint density at radius 2 is 1.69 bits per heavy atom. The zero-order valence-electron chi connectivity index (χ0n) is 21.1. The second-order valence-electron chi connectivity index (χ2n) is 9.02. The van der Waals surface area contributed by atoms with Gasteiger partial charge < -0.3 is 14.4 Å². The Bertz CT molecular complexity index is 1240. The number of carbonyl (C=O) groups excluding carboxylic acids is 1. The van der Waals surface area contributed by atoms with Crippen molar-refractivity contribution in [3.05, 3.63) is 102 Å². The summed E-state index contributed by atoms with van der Waals surface area (Å²) in [6.07, 6.45) is 5.04. The van der Waals surface area contributed by atoms with Crippen LogP contribution in [-0.2, 0) is 16.0 Å². The van der Waals surface area contributed by atoms with Gasteiger partial charge in [-0.25, -0.2) is 0 Å². The third-order valence-corrected chi connectivity index (χ3v) is 6.52. The number of rotatable bonds is 12. The maximum atomic E-state index is 13.2. The first kappa shape index (κ1) is 25.2. The molecule has 1 atom stereocenters. The van der Waals surface area contributed by atoms with E-state index >= 15 is 0 Å². The molecule has 0 aliphatic rings. The highest BCUT2D eigenvalue weighted by Gasteiger charge is 2.22. The standard InChI is InChI=1S/C31H34N2O3/c1-33(28-11-4-3-5-12-28)20-9-7-13-30(31(34)36-21-18-27-10-6-8-19-32-27)26-15-14-25-23-29(35-2)17-16-24(25)22-26/h3-6,8,10-12,14-17,19,22-23,30H,7,9,13,18,20-21H2,1-2H3. The number of pyridine rings is 1. The third kappa shape index (κ3) is 6.85. The van der Waals surface area contributed by atoms with Crippen molar-refractivity contribution in [3.8, 4) is 5.75 Å². The smallest absolute Gasteiger partial charge is 0.313 e. The number of ether oxygens (including phenoxy) is 2. The molecule has 1 aromatic heterocycles. The van der Waals surface area contributed by atoms with Crippen molar-refractivity contribution >= 4 is 22.4 Å². The third-order valence-electron chi connectivity index (χ3n) is 6.52. The number of hydrogen-bond acceptors (Lipinski definition) is 5. The number of unbranched alkanes of at least 4 members (excludes halogenated alkanes) is 1. The van der Waals surface area contributed by atoms with Gasteiger partial charge in [0.05, 0.1) is 19.6 Å². The summed E-state index contributed by atoms with van der Waals surface area (Å²) >= 11 is 0. The van der Waals surface area contributed by atoms with E-state index < -0.39 is 0 Å². The molecular formula is C31H34N2O3. The quantitative estimate of drug-likeness (QED) is 0.172. The molecule has 3 aromatic carbocycles. The van der Waals surface area contributed by atoms with Crippen molar-refractivity contribution in [2.75, 3.05) is 32.2 Å². The lowest BCUT2D eigenvalue weighted by molar-refractivity contribution is -0.145. The molecule has 5 nitrogen and oxygen atoms in total. The molecule has 0 spiro atoms. The Morgan fingerprint density at radius 3 is 2.47 bits per heavy atom. The van der Waals surface area contributed by atoms with Crippen LogP contribution in [0.15, 0.2) is 91.1 Å². The van der Waals surface area contributed by atoms with Crippen LogP contribution >= 0.6 is 0 Å². The lowest BCUT2D eigenvalue weighted by Gasteiger charge is -2.21. The summed E-state index contributed by atoms with van der Waals surface area (Å²) in [4.78, 5) is 19.8. The summed E-state index contributed by atoms with van der Waals surface area (Å²) in [5, 5.41) is 2.17. The number of para-hydroxylation sites is 1. The molecule has 1 heterocycles. The average Bonchev–Trinajstić information content (AvgIpc) is 2.93. The van der Waals surface area contributed by atoms with E-state index in [1.165, 1.54) is 5.69 Å².